The minimum Gasteiger partial charge on any atom is -0.454 e. The van der Waals surface area contributed by atoms with Gasteiger partial charge in [0.25, 0.3) is 5.91 Å². The molecule has 3 rings (SSSR count). The van der Waals surface area contributed by atoms with Gasteiger partial charge in [0.2, 0.25) is 12.7 Å². The normalized spacial score (nSPS) is 13.7. The molecule has 0 radical (unpaired) electrons. The summed E-state index contributed by atoms with van der Waals surface area (Å²) in [6.45, 7) is 1.85. The molecule has 28 heavy (non-hydrogen) atoms. The van der Waals surface area contributed by atoms with Gasteiger partial charge in [0.15, 0.2) is 11.5 Å². The second-order valence-electron chi connectivity index (χ2n) is 6.18. The number of hydrogen-bond acceptors (Lipinski definition) is 4. The van der Waals surface area contributed by atoms with Crippen LogP contribution in [0, 0.1) is 0 Å². The first kappa shape index (κ1) is 19.5. The van der Waals surface area contributed by atoms with Gasteiger partial charge in [-0.1, -0.05) is 6.07 Å². The second-order valence-corrected chi connectivity index (χ2v) is 6.18. The average Bonchev–Trinajstić information content (AvgIpc) is 3.13. The molecule has 0 aliphatic carbocycles. The molecule has 0 saturated carbocycles. The van der Waals surface area contributed by atoms with Gasteiger partial charge in [0.05, 0.1) is 5.56 Å². The van der Waals surface area contributed by atoms with E-state index >= 15 is 0 Å². The van der Waals surface area contributed by atoms with E-state index in [1.54, 1.807) is 18.2 Å². The van der Waals surface area contributed by atoms with Crippen LogP contribution in [0.1, 0.15) is 28.4 Å². The topological polar surface area (TPSA) is 76.7 Å². The van der Waals surface area contributed by atoms with Crippen LogP contribution >= 0.6 is 0 Å². The van der Waals surface area contributed by atoms with Crippen LogP contribution < -0.4 is 20.1 Å². The van der Waals surface area contributed by atoms with Crippen molar-refractivity contribution in [3.63, 3.8) is 0 Å². The number of rotatable bonds is 5. The molecule has 0 aromatic heterocycles. The van der Waals surface area contributed by atoms with E-state index in [1.807, 2.05) is 0 Å². The molecule has 9 heteroatoms. The summed E-state index contributed by atoms with van der Waals surface area (Å²) >= 11 is 0. The maximum atomic E-state index is 12.6. The van der Waals surface area contributed by atoms with E-state index < -0.39 is 29.6 Å². The van der Waals surface area contributed by atoms with E-state index in [0.29, 0.717) is 11.5 Å². The monoisotopic (exact) mass is 394 g/mol. The third-order valence-corrected chi connectivity index (χ3v) is 4.12. The Bertz CT molecular complexity index is 882. The Morgan fingerprint density at radius 2 is 1.75 bits per heavy atom. The van der Waals surface area contributed by atoms with E-state index in [1.165, 1.54) is 6.92 Å². The molecule has 1 aliphatic heterocycles. The van der Waals surface area contributed by atoms with Crippen molar-refractivity contribution in [1.29, 1.82) is 0 Å². The molecule has 2 aromatic carbocycles. The highest BCUT2D eigenvalue weighted by molar-refractivity contribution is 5.97. The van der Waals surface area contributed by atoms with Crippen LogP contribution in [0.15, 0.2) is 42.5 Å². The van der Waals surface area contributed by atoms with Crippen LogP contribution in [-0.4, -0.2) is 24.6 Å². The molecular weight excluding hydrogens is 377 g/mol. The number of amides is 2. The zero-order valence-electron chi connectivity index (χ0n) is 14.8. The van der Waals surface area contributed by atoms with Crippen LogP contribution in [0.2, 0.25) is 0 Å². The first-order chi connectivity index (χ1) is 13.2. The first-order valence-electron chi connectivity index (χ1n) is 8.38. The number of alkyl halides is 3. The van der Waals surface area contributed by atoms with Crippen molar-refractivity contribution >= 4 is 11.8 Å². The fourth-order valence-electron chi connectivity index (χ4n) is 2.55. The summed E-state index contributed by atoms with van der Waals surface area (Å²) in [5.41, 5.74) is -0.0270. The smallest absolute Gasteiger partial charge is 0.416 e. The number of carbonyl (C=O) groups excluding carboxylic acids is 2. The number of fused-ring (bicyclic) bond motifs is 1. The van der Waals surface area contributed by atoms with Crippen molar-refractivity contribution < 1.29 is 32.2 Å². The molecule has 1 atom stereocenters. The van der Waals surface area contributed by atoms with Crippen LogP contribution in [0.5, 0.6) is 11.5 Å². The van der Waals surface area contributed by atoms with Crippen molar-refractivity contribution in [1.82, 2.24) is 10.6 Å². The van der Waals surface area contributed by atoms with Crippen LogP contribution in [-0.2, 0) is 17.5 Å². The van der Waals surface area contributed by atoms with Crippen LogP contribution in [0.4, 0.5) is 13.2 Å². The third kappa shape index (κ3) is 4.54. The number of halogens is 3. The average molecular weight is 394 g/mol. The maximum absolute atomic E-state index is 12.6. The number of nitrogens with one attached hydrogen (secondary N) is 2. The summed E-state index contributed by atoms with van der Waals surface area (Å²) in [6.07, 6.45) is -4.48. The van der Waals surface area contributed by atoms with Gasteiger partial charge >= 0.3 is 6.18 Å². The molecule has 2 N–H and O–H groups in total. The van der Waals surface area contributed by atoms with Gasteiger partial charge < -0.3 is 20.1 Å². The predicted molar refractivity (Wildman–Crippen MR) is 92.8 cm³/mol. The highest BCUT2D eigenvalue weighted by atomic mass is 19.4. The molecular formula is C19H17F3N2O4. The number of ether oxygens (including phenoxy) is 2. The molecule has 1 heterocycles. The fourth-order valence-corrected chi connectivity index (χ4v) is 2.55. The molecule has 2 aromatic rings. The highest BCUT2D eigenvalue weighted by Gasteiger charge is 2.30. The largest absolute Gasteiger partial charge is 0.454 e. The Morgan fingerprint density at radius 3 is 2.43 bits per heavy atom. The third-order valence-electron chi connectivity index (χ3n) is 4.12. The molecule has 148 valence electrons. The number of carbonyl (C=O) groups is 2. The van der Waals surface area contributed by atoms with E-state index in [9.17, 15) is 22.8 Å². The van der Waals surface area contributed by atoms with Crippen LogP contribution in [0.25, 0.3) is 0 Å². The lowest BCUT2D eigenvalue weighted by Crippen LogP contribution is -2.44. The quantitative estimate of drug-likeness (QED) is 0.818. The second kappa shape index (κ2) is 7.79. The van der Waals surface area contributed by atoms with Crippen molar-refractivity contribution in [3.05, 3.63) is 59.2 Å². The molecule has 6 nitrogen and oxygen atoms in total. The molecule has 2 amide bonds. The lowest BCUT2D eigenvalue weighted by molar-refractivity contribution is -0.137. The van der Waals surface area contributed by atoms with Gasteiger partial charge in [0, 0.05) is 12.1 Å². The molecule has 0 unspecified atom stereocenters. The summed E-state index contributed by atoms with van der Waals surface area (Å²) in [4.78, 5) is 24.3. The zero-order chi connectivity index (χ0) is 20.3. The Morgan fingerprint density at radius 1 is 1.07 bits per heavy atom. The highest BCUT2D eigenvalue weighted by Crippen LogP contribution is 2.32. The van der Waals surface area contributed by atoms with Gasteiger partial charge in [-0.05, 0) is 48.9 Å². The predicted octanol–water partition coefficient (Wildman–Crippen LogP) is 2.87. The maximum Gasteiger partial charge on any atom is 0.416 e. The zero-order valence-corrected chi connectivity index (χ0v) is 14.8. The first-order valence-corrected chi connectivity index (χ1v) is 8.38. The Balaban J connectivity index is 1.52. The lowest BCUT2D eigenvalue weighted by atomic mass is 10.1. The van der Waals surface area contributed by atoms with Crippen molar-refractivity contribution in [2.24, 2.45) is 0 Å². The Hall–Kier alpha value is -3.23. The standard InChI is InChI=1S/C19H17F3N2O4/c1-11(24-18(26)13-3-5-14(6-4-13)19(20,21)22)17(25)23-9-12-2-7-15-16(8-12)28-10-27-15/h2-8,11H,9-10H2,1H3,(H,23,25)(H,24,26)/t11-/m1/s1. The number of benzene rings is 2. The van der Waals surface area contributed by atoms with Gasteiger partial charge in [-0.25, -0.2) is 0 Å². The summed E-state index contributed by atoms with van der Waals surface area (Å²) in [5.74, 6) is 0.153. The fraction of sp³-hybridized carbons (Fsp3) is 0.263. The van der Waals surface area contributed by atoms with Crippen molar-refractivity contribution in [3.8, 4) is 11.5 Å². The molecule has 0 bridgehead atoms. The van der Waals surface area contributed by atoms with Crippen molar-refractivity contribution in [2.75, 3.05) is 6.79 Å². The van der Waals surface area contributed by atoms with Gasteiger partial charge in [0.1, 0.15) is 6.04 Å². The summed E-state index contributed by atoms with van der Waals surface area (Å²) < 4.78 is 48.2. The molecule has 0 fully saturated rings. The van der Waals surface area contributed by atoms with E-state index in [-0.39, 0.29) is 18.9 Å². The van der Waals surface area contributed by atoms with Gasteiger partial charge in [-0.15, -0.1) is 0 Å². The minimum absolute atomic E-state index is 0.0309. The summed E-state index contributed by atoms with van der Waals surface area (Å²) in [7, 11) is 0. The van der Waals surface area contributed by atoms with Crippen molar-refractivity contribution in [2.45, 2.75) is 25.7 Å². The van der Waals surface area contributed by atoms with Crippen LogP contribution in [0.3, 0.4) is 0 Å². The van der Waals surface area contributed by atoms with Gasteiger partial charge in [-0.2, -0.15) is 13.2 Å². The number of hydrogen-bond donors (Lipinski definition) is 2. The van der Waals surface area contributed by atoms with E-state index in [2.05, 4.69) is 10.6 Å². The Labute approximate surface area is 158 Å². The van der Waals surface area contributed by atoms with E-state index in [4.69, 9.17) is 9.47 Å². The Kier molecular flexibility index (Phi) is 5.43. The molecule has 0 saturated heterocycles. The van der Waals surface area contributed by atoms with Gasteiger partial charge in [-0.3, -0.25) is 9.59 Å². The summed E-state index contributed by atoms with van der Waals surface area (Å²) in [5, 5.41) is 5.13. The molecule has 0 spiro atoms. The SMILES string of the molecule is C[C@@H](NC(=O)c1ccc(C(F)(F)F)cc1)C(=O)NCc1ccc2c(c1)OCO2. The van der Waals surface area contributed by atoms with E-state index in [0.717, 1.165) is 29.8 Å². The molecule has 1 aliphatic rings. The lowest BCUT2D eigenvalue weighted by Gasteiger charge is -2.15. The summed E-state index contributed by atoms with van der Waals surface area (Å²) in [6, 6.07) is 8.15. The minimum atomic E-state index is -4.48.